The van der Waals surface area contributed by atoms with Gasteiger partial charge >= 0.3 is 6.18 Å². The van der Waals surface area contributed by atoms with Gasteiger partial charge in [-0.05, 0) is 13.0 Å². The third-order valence-corrected chi connectivity index (χ3v) is 3.78. The van der Waals surface area contributed by atoms with Crippen LogP contribution in [0.2, 0.25) is 0 Å². The van der Waals surface area contributed by atoms with Gasteiger partial charge in [-0.25, -0.2) is 4.98 Å². The van der Waals surface area contributed by atoms with Crippen LogP contribution in [-0.4, -0.2) is 43.1 Å². The summed E-state index contributed by atoms with van der Waals surface area (Å²) in [7, 11) is 3.00. The van der Waals surface area contributed by atoms with E-state index in [0.717, 1.165) is 10.3 Å². The van der Waals surface area contributed by atoms with E-state index in [4.69, 9.17) is 0 Å². The van der Waals surface area contributed by atoms with Crippen molar-refractivity contribution in [1.29, 1.82) is 0 Å². The molecule has 2 rings (SSSR count). The lowest BCUT2D eigenvalue weighted by molar-refractivity contribution is -0.272. The maximum atomic E-state index is 13.3. The second-order valence-electron chi connectivity index (χ2n) is 5.52. The summed E-state index contributed by atoms with van der Waals surface area (Å²) in [4.78, 5) is 15.5. The Bertz CT molecular complexity index is 718. The number of rotatable bonds is 5. The molecule has 0 radical (unpaired) electrons. The van der Waals surface area contributed by atoms with E-state index in [1.54, 1.807) is 14.0 Å². The number of carbonyl (C=O) groups is 1. The molecule has 0 bridgehead atoms. The molecular formula is C14H18F3N5O2. The number of hydrogen-bond donors (Lipinski definition) is 2. The van der Waals surface area contributed by atoms with E-state index in [0.29, 0.717) is 0 Å². The quantitative estimate of drug-likeness (QED) is 0.848. The van der Waals surface area contributed by atoms with E-state index in [9.17, 15) is 23.1 Å². The van der Waals surface area contributed by atoms with Gasteiger partial charge in [0.25, 0.3) is 5.91 Å². The van der Waals surface area contributed by atoms with Crippen molar-refractivity contribution in [3.63, 3.8) is 0 Å². The van der Waals surface area contributed by atoms with Crippen LogP contribution in [0.25, 0.3) is 0 Å². The van der Waals surface area contributed by atoms with Crippen LogP contribution in [-0.2, 0) is 19.7 Å². The summed E-state index contributed by atoms with van der Waals surface area (Å²) >= 11 is 0. The highest BCUT2D eigenvalue weighted by Crippen LogP contribution is 2.40. The fourth-order valence-electron chi connectivity index (χ4n) is 2.26. The third kappa shape index (κ3) is 3.28. The van der Waals surface area contributed by atoms with Crippen LogP contribution in [0.1, 0.15) is 28.4 Å². The highest BCUT2D eigenvalue weighted by atomic mass is 19.4. The molecule has 2 heterocycles. The van der Waals surface area contributed by atoms with Crippen LogP contribution in [0.4, 0.5) is 13.2 Å². The number of carbonyl (C=O) groups excluding carboxylic acids is 1. The van der Waals surface area contributed by atoms with E-state index in [-0.39, 0.29) is 5.69 Å². The Morgan fingerprint density at radius 2 is 2.04 bits per heavy atom. The van der Waals surface area contributed by atoms with Gasteiger partial charge < -0.3 is 15.0 Å². The molecule has 24 heavy (non-hydrogen) atoms. The number of alkyl halides is 3. The molecule has 0 saturated carbocycles. The predicted molar refractivity (Wildman–Crippen MR) is 78.1 cm³/mol. The van der Waals surface area contributed by atoms with Crippen molar-refractivity contribution in [3.8, 4) is 0 Å². The van der Waals surface area contributed by atoms with Crippen molar-refractivity contribution in [2.45, 2.75) is 25.1 Å². The summed E-state index contributed by atoms with van der Waals surface area (Å²) < 4.78 is 42.5. The Morgan fingerprint density at radius 1 is 1.38 bits per heavy atom. The smallest absolute Gasteiger partial charge is 0.374 e. The van der Waals surface area contributed by atoms with Gasteiger partial charge in [-0.1, -0.05) is 0 Å². The van der Waals surface area contributed by atoms with Crippen LogP contribution < -0.4 is 5.32 Å². The fourth-order valence-corrected chi connectivity index (χ4v) is 2.26. The van der Waals surface area contributed by atoms with Crippen LogP contribution in [0.5, 0.6) is 0 Å². The van der Waals surface area contributed by atoms with Crippen molar-refractivity contribution in [1.82, 2.24) is 24.6 Å². The molecule has 7 nitrogen and oxygen atoms in total. The number of hydrogen-bond acceptors (Lipinski definition) is 4. The highest BCUT2D eigenvalue weighted by Gasteiger charge is 2.57. The zero-order valence-corrected chi connectivity index (χ0v) is 13.4. The average molecular weight is 345 g/mol. The zero-order valence-electron chi connectivity index (χ0n) is 13.4. The first kappa shape index (κ1) is 18.0. The first-order valence-corrected chi connectivity index (χ1v) is 7.12. The molecule has 0 aliphatic heterocycles. The first-order valence-electron chi connectivity index (χ1n) is 7.12. The van der Waals surface area contributed by atoms with Gasteiger partial charge in [0.05, 0.1) is 0 Å². The van der Waals surface area contributed by atoms with E-state index in [1.165, 1.54) is 30.2 Å². The van der Waals surface area contributed by atoms with Gasteiger partial charge in [0.1, 0.15) is 11.5 Å². The average Bonchev–Trinajstić information content (AvgIpc) is 3.04. The van der Waals surface area contributed by atoms with E-state index >= 15 is 0 Å². The molecule has 1 atom stereocenters. The molecule has 2 N–H and O–H groups in total. The summed E-state index contributed by atoms with van der Waals surface area (Å²) in [5.74, 6) is -1.14. The van der Waals surface area contributed by atoms with E-state index < -0.39 is 36.5 Å². The Balaban J connectivity index is 2.09. The van der Waals surface area contributed by atoms with Gasteiger partial charge in [0, 0.05) is 45.1 Å². The number of nitrogens with one attached hydrogen (secondary N) is 1. The van der Waals surface area contributed by atoms with E-state index in [1.807, 2.05) is 0 Å². The van der Waals surface area contributed by atoms with Crippen molar-refractivity contribution >= 4 is 5.91 Å². The number of amides is 1. The van der Waals surface area contributed by atoms with Crippen molar-refractivity contribution in [3.05, 3.63) is 35.7 Å². The number of aromatic nitrogens is 4. The molecule has 0 saturated heterocycles. The molecule has 0 aliphatic carbocycles. The Hall–Kier alpha value is -2.36. The molecule has 0 aliphatic rings. The second-order valence-corrected chi connectivity index (χ2v) is 5.52. The van der Waals surface area contributed by atoms with Crippen molar-refractivity contribution < 1.29 is 23.1 Å². The summed E-state index contributed by atoms with van der Waals surface area (Å²) in [5.41, 5.74) is -2.32. The lowest BCUT2D eigenvalue weighted by Gasteiger charge is -2.29. The van der Waals surface area contributed by atoms with Gasteiger partial charge in [-0.2, -0.15) is 18.3 Å². The number of imidazole rings is 1. The maximum absolute atomic E-state index is 13.3. The topological polar surface area (TPSA) is 85.0 Å². The summed E-state index contributed by atoms with van der Waals surface area (Å²) in [6, 6.07) is 1.52. The SMILES string of the molecule is Cc1cc(C(=O)NCCC(O)(c2nccn2C)C(F)(F)F)nn1C. The maximum Gasteiger partial charge on any atom is 0.424 e. The van der Waals surface area contributed by atoms with Crippen LogP contribution in [0, 0.1) is 6.92 Å². The Morgan fingerprint density at radius 3 is 2.50 bits per heavy atom. The molecule has 1 amide bonds. The Labute approximate surface area is 136 Å². The van der Waals surface area contributed by atoms with Crippen LogP contribution in [0.3, 0.4) is 0 Å². The number of halogens is 3. The molecule has 0 fully saturated rings. The second kappa shape index (κ2) is 6.27. The molecule has 0 spiro atoms. The third-order valence-electron chi connectivity index (χ3n) is 3.78. The lowest BCUT2D eigenvalue weighted by Crippen LogP contribution is -2.46. The molecule has 2 aromatic rings. The first-order chi connectivity index (χ1) is 11.1. The molecule has 132 valence electrons. The summed E-state index contributed by atoms with van der Waals surface area (Å²) in [6.45, 7) is 1.35. The lowest BCUT2D eigenvalue weighted by atomic mass is 9.97. The summed E-state index contributed by atoms with van der Waals surface area (Å²) in [6.07, 6.45) is -3.22. The van der Waals surface area contributed by atoms with Gasteiger partial charge in [0.2, 0.25) is 5.60 Å². The van der Waals surface area contributed by atoms with Gasteiger partial charge in [-0.3, -0.25) is 9.48 Å². The molecular weight excluding hydrogens is 327 g/mol. The zero-order chi connectivity index (χ0) is 18.1. The Kier molecular flexibility index (Phi) is 4.70. The summed E-state index contributed by atoms with van der Waals surface area (Å²) in [5, 5.41) is 16.4. The van der Waals surface area contributed by atoms with Crippen molar-refractivity contribution in [2.24, 2.45) is 14.1 Å². The molecule has 1 unspecified atom stereocenters. The van der Waals surface area contributed by atoms with Crippen LogP contribution >= 0.6 is 0 Å². The molecule has 2 aromatic heterocycles. The minimum absolute atomic E-state index is 0.0996. The normalized spacial score (nSPS) is 14.5. The highest BCUT2D eigenvalue weighted by molar-refractivity contribution is 5.92. The van der Waals surface area contributed by atoms with Gasteiger partial charge in [0.15, 0.2) is 0 Å². The number of aryl methyl sites for hydroxylation is 3. The predicted octanol–water partition coefficient (Wildman–Crippen LogP) is 1.03. The minimum atomic E-state index is -4.93. The largest absolute Gasteiger partial charge is 0.424 e. The number of aliphatic hydroxyl groups is 1. The standard InChI is InChI=1S/C14H18F3N5O2/c1-9-8-10(20-22(9)3)11(23)18-5-4-13(24,14(15,16)17)12-19-6-7-21(12)2/h6-8,24H,4-5H2,1-3H3,(H,18,23). The monoisotopic (exact) mass is 345 g/mol. The number of nitrogens with zero attached hydrogens (tertiary/aromatic N) is 4. The van der Waals surface area contributed by atoms with Crippen LogP contribution in [0.15, 0.2) is 18.5 Å². The van der Waals surface area contributed by atoms with Gasteiger partial charge in [-0.15, -0.1) is 0 Å². The minimum Gasteiger partial charge on any atom is -0.374 e. The molecule has 10 heteroatoms. The molecule has 0 aromatic carbocycles. The van der Waals surface area contributed by atoms with Crippen molar-refractivity contribution in [2.75, 3.05) is 6.54 Å². The fraction of sp³-hybridized carbons (Fsp3) is 0.500. The van der Waals surface area contributed by atoms with E-state index in [2.05, 4.69) is 15.4 Å².